The fourth-order valence-electron chi connectivity index (χ4n) is 4.01. The van der Waals surface area contributed by atoms with Crippen LogP contribution in [0.5, 0.6) is 0 Å². The van der Waals surface area contributed by atoms with E-state index in [9.17, 15) is 4.79 Å². The molecule has 0 bridgehead atoms. The molecule has 6 unspecified atom stereocenters. The van der Waals surface area contributed by atoms with Crippen molar-refractivity contribution in [3.63, 3.8) is 0 Å². The van der Waals surface area contributed by atoms with Crippen LogP contribution >= 0.6 is 0 Å². The molecule has 0 aromatic rings. The molecule has 3 rings (SSSR count). The van der Waals surface area contributed by atoms with Crippen LogP contribution in [0.15, 0.2) is 36.5 Å². The van der Waals surface area contributed by atoms with Gasteiger partial charge in [-0.25, -0.2) is 0 Å². The Labute approximate surface area is 261 Å². The molecule has 0 amide bonds. The van der Waals surface area contributed by atoms with Gasteiger partial charge in [-0.3, -0.25) is 4.79 Å². The van der Waals surface area contributed by atoms with Crippen LogP contribution in [0.3, 0.4) is 0 Å². The molecule has 3 heterocycles. The third-order valence-corrected chi connectivity index (χ3v) is 6.38. The van der Waals surface area contributed by atoms with Crippen molar-refractivity contribution in [3.8, 4) is 0 Å². The predicted molar refractivity (Wildman–Crippen MR) is 146 cm³/mol. The first-order valence-corrected chi connectivity index (χ1v) is 14.3. The first-order valence-electron chi connectivity index (χ1n) is 14.3. The summed E-state index contributed by atoms with van der Waals surface area (Å²) < 4.78 is 16.1. The van der Waals surface area contributed by atoms with Crippen LogP contribution in [-0.4, -0.2) is 66.3 Å². The van der Waals surface area contributed by atoms with Crippen LogP contribution in [0, 0.1) is 44.1 Å². The third kappa shape index (κ3) is 20.7. The van der Waals surface area contributed by atoms with E-state index in [0.717, 1.165) is 12.7 Å². The molecule has 0 spiro atoms. The van der Waals surface area contributed by atoms with Gasteiger partial charge in [-0.15, -0.1) is 0 Å². The van der Waals surface area contributed by atoms with Crippen LogP contribution in [-0.2, 0) is 19.0 Å². The summed E-state index contributed by atoms with van der Waals surface area (Å²) in [6, 6.07) is 0. The minimum Gasteiger partial charge on any atom is -0.392 e. The Bertz CT molecular complexity index is 589. The summed E-state index contributed by atoms with van der Waals surface area (Å²) in [7, 11) is 0. The molecule has 3 saturated heterocycles. The molecule has 3 fully saturated rings. The van der Waals surface area contributed by atoms with Crippen molar-refractivity contribution in [2.24, 2.45) is 0 Å². The maximum absolute atomic E-state index is 9.96. The first kappa shape index (κ1) is 37.1. The Kier molecular flexibility index (Phi) is 25.2. The number of allylic oxidation sites excluding steroid dienone is 1. The van der Waals surface area contributed by atoms with Crippen LogP contribution in [0.1, 0.15) is 97.8 Å². The first-order chi connectivity index (χ1) is 17.6. The second-order valence-electron chi connectivity index (χ2n) is 9.65. The number of ether oxygens (including phenoxy) is 3. The number of unbranched alkanes of at least 4 members (excludes halogenated alkanes) is 6. The third-order valence-electron chi connectivity index (χ3n) is 6.38. The fraction of sp³-hybridized carbons (Fsp3) is 0.767. The van der Waals surface area contributed by atoms with E-state index in [1.165, 1.54) is 76.7 Å². The van der Waals surface area contributed by atoms with Crippen molar-refractivity contribution in [2.75, 3.05) is 13.2 Å². The van der Waals surface area contributed by atoms with Gasteiger partial charge in [0.05, 0.1) is 31.5 Å². The zero-order valence-corrected chi connectivity index (χ0v) is 28.3. The van der Waals surface area contributed by atoms with Crippen molar-refractivity contribution in [1.82, 2.24) is 0 Å². The van der Waals surface area contributed by atoms with Crippen LogP contribution in [0.25, 0.3) is 0 Å². The number of aliphatic hydroxyl groups excluding tert-OH is 2. The van der Waals surface area contributed by atoms with Gasteiger partial charge in [0.1, 0.15) is 24.6 Å². The quantitative estimate of drug-likeness (QED) is 0.0603. The normalized spacial score (nSPS) is 27.3. The molecule has 0 saturated carbocycles. The minimum atomic E-state index is 0. The number of rotatable bonds is 18. The van der Waals surface area contributed by atoms with Crippen molar-refractivity contribution in [1.29, 1.82) is 0 Å². The molecule has 1 radical (unpaired) electrons. The van der Waals surface area contributed by atoms with E-state index in [4.69, 9.17) is 24.4 Å². The maximum Gasteiger partial charge on any atom is 0.142 e. The second-order valence-corrected chi connectivity index (χ2v) is 9.65. The molecule has 0 aromatic heterocycles. The van der Waals surface area contributed by atoms with Crippen molar-refractivity contribution in [3.05, 3.63) is 36.5 Å². The average Bonchev–Trinajstić information content (AvgIpc) is 3.79. The van der Waals surface area contributed by atoms with Gasteiger partial charge in [0.2, 0.25) is 0 Å². The number of carbonyl (C=O) groups is 1. The van der Waals surface area contributed by atoms with Crippen LogP contribution < -0.4 is 0 Å². The number of epoxide rings is 3. The van der Waals surface area contributed by atoms with Gasteiger partial charge in [0.15, 0.2) is 0 Å². The zero-order valence-electron chi connectivity index (χ0n) is 23.5. The molecule has 6 nitrogen and oxygen atoms in total. The average molecular weight is 736 g/mol. The van der Waals surface area contributed by atoms with Gasteiger partial charge in [0.25, 0.3) is 0 Å². The Morgan fingerprint density at radius 3 is 1.24 bits per heavy atom. The van der Waals surface area contributed by atoms with E-state index in [1.807, 2.05) is 18.2 Å². The molecule has 37 heavy (non-hydrogen) atoms. The second kappa shape index (κ2) is 25.1. The van der Waals surface area contributed by atoms with Gasteiger partial charge in [-0.2, -0.15) is 0 Å². The zero-order chi connectivity index (χ0) is 26.4. The van der Waals surface area contributed by atoms with Gasteiger partial charge in [0, 0.05) is 44.1 Å². The molecule has 3 aliphatic heterocycles. The van der Waals surface area contributed by atoms with E-state index in [0.29, 0.717) is 30.5 Å². The molecule has 2 N–H and O–H groups in total. The van der Waals surface area contributed by atoms with E-state index in [2.05, 4.69) is 20.8 Å². The topological polar surface area (TPSA) is 95.1 Å². The number of hydrogen-bond acceptors (Lipinski definition) is 6. The van der Waals surface area contributed by atoms with Gasteiger partial charge in [-0.1, -0.05) is 109 Å². The largest absolute Gasteiger partial charge is 0.392 e. The van der Waals surface area contributed by atoms with Gasteiger partial charge in [-0.05, 0) is 25.3 Å². The Balaban J connectivity index is 0.000000518. The Morgan fingerprint density at radius 1 is 0.595 bits per heavy atom. The monoisotopic (exact) mass is 735 g/mol. The summed E-state index contributed by atoms with van der Waals surface area (Å²) in [6.45, 7) is 6.86. The Hall–Kier alpha value is 0.132. The number of hydrogen-bond donors (Lipinski definition) is 2. The summed E-state index contributed by atoms with van der Waals surface area (Å²) in [5.41, 5.74) is 0. The van der Waals surface area contributed by atoms with Crippen molar-refractivity contribution < 1.29 is 73.3 Å². The van der Waals surface area contributed by atoms with E-state index >= 15 is 0 Å². The smallest absolute Gasteiger partial charge is 0.142 e. The summed E-state index contributed by atoms with van der Waals surface area (Å²) in [6.07, 6.45) is 28.6. The minimum absolute atomic E-state index is 0. The molecule has 0 aliphatic carbocycles. The molecule has 3 aliphatic rings. The van der Waals surface area contributed by atoms with Gasteiger partial charge >= 0.3 is 0 Å². The predicted octanol–water partition coefficient (Wildman–Crippen LogP) is 5.85. The summed E-state index contributed by atoms with van der Waals surface area (Å²) >= 11 is 0. The summed E-state index contributed by atoms with van der Waals surface area (Å²) in [5.74, 6) is 0. The van der Waals surface area contributed by atoms with E-state index in [-0.39, 0.29) is 63.4 Å². The van der Waals surface area contributed by atoms with Crippen molar-refractivity contribution in [2.45, 2.75) is 134 Å². The standard InChI is InChI=1S/2C10H18O2.C10H16O2.Ac/c3*1-2-3-4-6-9-10(12-9)7-5-8-11;/h2*5,7,9-11H,2-4,6,8H2,1H3;5,7-10H,2-4,6H2,1H3;/b3*7-5+;. The molecule has 6 atom stereocenters. The molecular formula is C30H52AcO6. The van der Waals surface area contributed by atoms with Crippen LogP contribution in [0.2, 0.25) is 0 Å². The van der Waals surface area contributed by atoms with Gasteiger partial charge < -0.3 is 24.4 Å². The summed E-state index contributed by atoms with van der Waals surface area (Å²) in [4.78, 5) is 9.96. The van der Waals surface area contributed by atoms with E-state index in [1.54, 1.807) is 12.2 Å². The molecule has 0 aromatic carbocycles. The number of carbonyl (C=O) groups excluding carboxylic acids is 1. The van der Waals surface area contributed by atoms with Crippen LogP contribution in [0.4, 0.5) is 0 Å². The Morgan fingerprint density at radius 2 is 0.946 bits per heavy atom. The summed E-state index contributed by atoms with van der Waals surface area (Å²) in [5, 5.41) is 17.0. The SMILES string of the molecule is CCCCCC1OC1/C=C/C=O.CCCCCC1OC1/C=C/CO.CCCCCC1OC1/C=C/CO.[Ac]. The molecular weight excluding hydrogens is 683 g/mol. The molecule has 211 valence electrons. The van der Waals surface area contributed by atoms with E-state index < -0.39 is 0 Å². The maximum atomic E-state index is 9.96. The number of aldehydes is 1. The molecule has 7 heteroatoms. The van der Waals surface area contributed by atoms with Crippen molar-refractivity contribution >= 4 is 6.29 Å². The fourth-order valence-corrected chi connectivity index (χ4v) is 4.01. The number of aliphatic hydroxyl groups is 2.